The molecule has 0 aromatic heterocycles. The van der Waals surface area contributed by atoms with Gasteiger partial charge in [0.1, 0.15) is 5.75 Å². The van der Waals surface area contributed by atoms with Gasteiger partial charge in [-0.3, -0.25) is 4.79 Å². The molecule has 0 bridgehead atoms. The summed E-state index contributed by atoms with van der Waals surface area (Å²) in [4.78, 5) is 13.5. The van der Waals surface area contributed by atoms with Crippen LogP contribution in [0.2, 0.25) is 5.02 Å². The second kappa shape index (κ2) is 9.00. The number of halogens is 1. The van der Waals surface area contributed by atoms with Crippen LogP contribution in [-0.2, 0) is 0 Å². The number of carbonyl (C=O) groups excluding carboxylic acids is 1. The third kappa shape index (κ3) is 3.98. The van der Waals surface area contributed by atoms with E-state index < -0.39 is 0 Å². The first kappa shape index (κ1) is 20.9. The second-order valence-electron chi connectivity index (χ2n) is 6.06. The number of rotatable bonds is 8. The average molecular weight is 393 g/mol. The van der Waals surface area contributed by atoms with Gasteiger partial charge in [-0.15, -0.1) is 0 Å². The molecule has 2 aromatic carbocycles. The number of hydrogen-bond donors (Lipinski definition) is 0. The first-order chi connectivity index (χ1) is 12.9. The molecule has 0 radical (unpaired) electrons. The lowest BCUT2D eigenvalue weighted by molar-refractivity contribution is 0.103. The molecule has 0 N–H and O–H groups in total. The summed E-state index contributed by atoms with van der Waals surface area (Å²) in [6.45, 7) is 6.09. The molecule has 5 nitrogen and oxygen atoms in total. The molecular weight excluding hydrogens is 368 g/mol. The van der Waals surface area contributed by atoms with E-state index in [1.165, 1.54) is 14.2 Å². The number of benzene rings is 2. The maximum Gasteiger partial charge on any atom is 0.204 e. The van der Waals surface area contributed by atoms with E-state index in [2.05, 4.69) is 0 Å². The predicted molar refractivity (Wildman–Crippen MR) is 106 cm³/mol. The molecule has 2 rings (SSSR count). The third-order valence-corrected chi connectivity index (χ3v) is 4.72. The molecule has 0 unspecified atom stereocenters. The van der Waals surface area contributed by atoms with Gasteiger partial charge in [-0.25, -0.2) is 0 Å². The Morgan fingerprint density at radius 2 is 1.63 bits per heavy atom. The summed E-state index contributed by atoms with van der Waals surface area (Å²) in [6.07, 6.45) is 0.810. The monoisotopic (exact) mass is 392 g/mol. The SMILES string of the molecule is CCCOc1c(OC)cc(C)c(C(=O)c2c(OC)ccc(Cl)c2C)c1OC. The maximum atomic E-state index is 13.5. The minimum Gasteiger partial charge on any atom is -0.496 e. The van der Waals surface area contributed by atoms with E-state index in [0.717, 1.165) is 6.42 Å². The molecule has 0 heterocycles. The third-order valence-electron chi connectivity index (χ3n) is 4.31. The summed E-state index contributed by atoms with van der Waals surface area (Å²) in [5.74, 6) is 1.48. The largest absolute Gasteiger partial charge is 0.496 e. The molecule has 0 saturated heterocycles. The first-order valence-electron chi connectivity index (χ1n) is 8.67. The van der Waals surface area contributed by atoms with Gasteiger partial charge in [0.2, 0.25) is 11.5 Å². The fourth-order valence-corrected chi connectivity index (χ4v) is 3.10. The number of ether oxygens (including phenoxy) is 4. The molecular formula is C21H25ClO5. The van der Waals surface area contributed by atoms with Gasteiger partial charge in [-0.05, 0) is 49.6 Å². The van der Waals surface area contributed by atoms with Crippen LogP contribution in [0.1, 0.15) is 40.4 Å². The van der Waals surface area contributed by atoms with Crippen LogP contribution >= 0.6 is 11.6 Å². The topological polar surface area (TPSA) is 54.0 Å². The summed E-state index contributed by atoms with van der Waals surface area (Å²) in [6, 6.07) is 5.16. The zero-order valence-electron chi connectivity index (χ0n) is 16.6. The molecule has 0 atom stereocenters. The second-order valence-corrected chi connectivity index (χ2v) is 6.47. The van der Waals surface area contributed by atoms with E-state index >= 15 is 0 Å². The highest BCUT2D eigenvalue weighted by molar-refractivity contribution is 6.32. The first-order valence-corrected chi connectivity index (χ1v) is 9.05. The van der Waals surface area contributed by atoms with Crippen LogP contribution in [0, 0.1) is 13.8 Å². The lowest BCUT2D eigenvalue weighted by atomic mass is 9.93. The summed E-state index contributed by atoms with van der Waals surface area (Å²) >= 11 is 6.25. The molecule has 0 fully saturated rings. The Bertz CT molecular complexity index is 845. The Labute approximate surface area is 165 Å². The Hall–Kier alpha value is -2.40. The Balaban J connectivity index is 2.75. The predicted octanol–water partition coefficient (Wildman–Crippen LogP) is 5.00. The zero-order valence-corrected chi connectivity index (χ0v) is 17.3. The maximum absolute atomic E-state index is 13.5. The minimum absolute atomic E-state index is 0.245. The van der Waals surface area contributed by atoms with E-state index in [4.69, 9.17) is 30.5 Å². The molecule has 0 saturated carbocycles. The molecule has 0 aliphatic rings. The highest BCUT2D eigenvalue weighted by Gasteiger charge is 2.28. The van der Waals surface area contributed by atoms with Gasteiger partial charge in [-0.2, -0.15) is 0 Å². The van der Waals surface area contributed by atoms with Crippen molar-refractivity contribution in [2.75, 3.05) is 27.9 Å². The van der Waals surface area contributed by atoms with Gasteiger partial charge < -0.3 is 18.9 Å². The Kier molecular flexibility index (Phi) is 6.97. The number of methoxy groups -OCH3 is 3. The smallest absolute Gasteiger partial charge is 0.204 e. The zero-order chi connectivity index (χ0) is 20.1. The van der Waals surface area contributed by atoms with Crippen molar-refractivity contribution in [3.05, 3.63) is 45.5 Å². The summed E-state index contributed by atoms with van der Waals surface area (Å²) < 4.78 is 22.2. The van der Waals surface area contributed by atoms with Gasteiger partial charge in [0.15, 0.2) is 11.5 Å². The van der Waals surface area contributed by atoms with E-state index in [1.54, 1.807) is 32.2 Å². The number of carbonyl (C=O) groups is 1. The number of aryl methyl sites for hydroxylation is 1. The standard InChI is InChI=1S/C21H25ClO5/c1-7-10-27-20-16(25-5)11-12(2)17(21(20)26-6)19(23)18-13(3)14(22)8-9-15(18)24-4/h8-9,11H,7,10H2,1-6H3. The van der Waals surface area contributed by atoms with Crippen molar-refractivity contribution >= 4 is 17.4 Å². The molecule has 0 spiro atoms. The van der Waals surface area contributed by atoms with Crippen LogP contribution in [0.4, 0.5) is 0 Å². The average Bonchev–Trinajstić information content (AvgIpc) is 2.67. The van der Waals surface area contributed by atoms with E-state index in [9.17, 15) is 4.79 Å². The van der Waals surface area contributed by atoms with Crippen LogP contribution < -0.4 is 18.9 Å². The van der Waals surface area contributed by atoms with Gasteiger partial charge in [0.25, 0.3) is 0 Å². The van der Waals surface area contributed by atoms with Crippen molar-refractivity contribution < 1.29 is 23.7 Å². The van der Waals surface area contributed by atoms with Gasteiger partial charge in [-0.1, -0.05) is 18.5 Å². The Morgan fingerprint density at radius 1 is 0.963 bits per heavy atom. The fourth-order valence-electron chi connectivity index (χ4n) is 2.95. The van der Waals surface area contributed by atoms with Crippen molar-refractivity contribution in [1.82, 2.24) is 0 Å². The molecule has 0 amide bonds. The molecule has 27 heavy (non-hydrogen) atoms. The molecule has 0 aliphatic heterocycles. The van der Waals surface area contributed by atoms with E-state index in [0.29, 0.717) is 56.9 Å². The van der Waals surface area contributed by atoms with Crippen molar-refractivity contribution in [1.29, 1.82) is 0 Å². The van der Waals surface area contributed by atoms with Crippen LogP contribution in [-0.4, -0.2) is 33.7 Å². The van der Waals surface area contributed by atoms with Gasteiger partial charge in [0.05, 0.1) is 39.1 Å². The van der Waals surface area contributed by atoms with E-state index in [-0.39, 0.29) is 5.78 Å². The minimum atomic E-state index is -0.245. The van der Waals surface area contributed by atoms with E-state index in [1.807, 2.05) is 13.8 Å². The van der Waals surface area contributed by atoms with Crippen LogP contribution in [0.3, 0.4) is 0 Å². The van der Waals surface area contributed by atoms with Gasteiger partial charge in [0, 0.05) is 5.02 Å². The van der Waals surface area contributed by atoms with Crippen LogP contribution in [0.5, 0.6) is 23.0 Å². The van der Waals surface area contributed by atoms with Gasteiger partial charge >= 0.3 is 0 Å². The van der Waals surface area contributed by atoms with Crippen molar-refractivity contribution in [3.63, 3.8) is 0 Å². The highest BCUT2D eigenvalue weighted by atomic mass is 35.5. The summed E-state index contributed by atoms with van der Waals surface area (Å²) in [7, 11) is 4.58. The molecule has 146 valence electrons. The van der Waals surface area contributed by atoms with Crippen LogP contribution in [0.15, 0.2) is 18.2 Å². The lowest BCUT2D eigenvalue weighted by Crippen LogP contribution is -2.12. The van der Waals surface area contributed by atoms with Crippen molar-refractivity contribution in [3.8, 4) is 23.0 Å². The van der Waals surface area contributed by atoms with Crippen molar-refractivity contribution in [2.24, 2.45) is 0 Å². The molecule has 2 aromatic rings. The number of ketones is 1. The number of hydrogen-bond acceptors (Lipinski definition) is 5. The van der Waals surface area contributed by atoms with Crippen LogP contribution in [0.25, 0.3) is 0 Å². The summed E-state index contributed by atoms with van der Waals surface area (Å²) in [5, 5.41) is 0.492. The van der Waals surface area contributed by atoms with Crippen molar-refractivity contribution in [2.45, 2.75) is 27.2 Å². The molecule has 6 heteroatoms. The lowest BCUT2D eigenvalue weighted by Gasteiger charge is -2.20. The Morgan fingerprint density at radius 3 is 2.19 bits per heavy atom. The normalized spacial score (nSPS) is 10.5. The molecule has 0 aliphatic carbocycles. The fraction of sp³-hybridized carbons (Fsp3) is 0.381. The quantitative estimate of drug-likeness (QED) is 0.591. The highest BCUT2D eigenvalue weighted by Crippen LogP contribution is 2.44. The summed E-state index contributed by atoms with van der Waals surface area (Å²) in [5.41, 5.74) is 2.15.